The van der Waals surface area contributed by atoms with Crippen molar-refractivity contribution in [1.82, 2.24) is 4.98 Å². The van der Waals surface area contributed by atoms with Gasteiger partial charge in [0.1, 0.15) is 5.92 Å². The summed E-state index contributed by atoms with van der Waals surface area (Å²) in [6.07, 6.45) is 2.61. The standard InChI is InChI=1S/C14H22N2O2S/c1-8(14(2,3)4)15-13-16-11-9(12(17)18)6-5-7-10(11)19-13/h8-9H,5-7H2,1-4H3,(H,15,16)(H,17,18). The summed E-state index contributed by atoms with van der Waals surface area (Å²) < 4.78 is 0. The first-order valence-electron chi connectivity index (χ1n) is 6.78. The molecule has 2 rings (SSSR count). The average Bonchev–Trinajstić information content (AvgIpc) is 2.68. The summed E-state index contributed by atoms with van der Waals surface area (Å²) in [6.45, 7) is 8.67. The van der Waals surface area contributed by atoms with Crippen molar-refractivity contribution in [3.05, 3.63) is 10.6 Å². The zero-order chi connectivity index (χ0) is 14.2. The number of aryl methyl sites for hydroxylation is 1. The molecule has 0 aromatic carbocycles. The Balaban J connectivity index is 2.20. The summed E-state index contributed by atoms with van der Waals surface area (Å²) in [5.74, 6) is -1.16. The Kier molecular flexibility index (Phi) is 3.85. The van der Waals surface area contributed by atoms with Crippen molar-refractivity contribution in [2.75, 3.05) is 5.32 Å². The number of anilines is 1. The lowest BCUT2D eigenvalue weighted by Crippen LogP contribution is -2.30. The van der Waals surface area contributed by atoms with E-state index in [2.05, 4.69) is 38.0 Å². The molecule has 1 aliphatic carbocycles. The van der Waals surface area contributed by atoms with Gasteiger partial charge in [0.25, 0.3) is 0 Å². The molecular formula is C14H22N2O2S. The molecule has 4 nitrogen and oxygen atoms in total. The number of aromatic nitrogens is 1. The highest BCUT2D eigenvalue weighted by atomic mass is 32.1. The summed E-state index contributed by atoms with van der Waals surface area (Å²) in [5, 5.41) is 13.5. The Hall–Kier alpha value is -1.10. The number of carbonyl (C=O) groups is 1. The molecule has 19 heavy (non-hydrogen) atoms. The second kappa shape index (κ2) is 5.12. The molecule has 2 atom stereocenters. The highest BCUT2D eigenvalue weighted by Gasteiger charge is 2.30. The van der Waals surface area contributed by atoms with Gasteiger partial charge in [-0.3, -0.25) is 4.79 Å². The van der Waals surface area contributed by atoms with E-state index >= 15 is 0 Å². The zero-order valence-electron chi connectivity index (χ0n) is 12.0. The van der Waals surface area contributed by atoms with Gasteiger partial charge in [-0.05, 0) is 31.6 Å². The predicted molar refractivity (Wildman–Crippen MR) is 78.0 cm³/mol. The Labute approximate surface area is 118 Å². The van der Waals surface area contributed by atoms with Crippen LogP contribution in [-0.4, -0.2) is 22.1 Å². The molecule has 2 unspecified atom stereocenters. The van der Waals surface area contributed by atoms with Crippen molar-refractivity contribution in [1.29, 1.82) is 0 Å². The van der Waals surface area contributed by atoms with Crippen molar-refractivity contribution in [3.8, 4) is 0 Å². The van der Waals surface area contributed by atoms with Crippen molar-refractivity contribution in [2.45, 2.75) is 58.9 Å². The fraction of sp³-hybridized carbons (Fsp3) is 0.714. The lowest BCUT2D eigenvalue weighted by Gasteiger charge is -2.27. The molecule has 1 aliphatic rings. The molecule has 0 amide bonds. The first-order valence-corrected chi connectivity index (χ1v) is 7.59. The second-order valence-corrected chi connectivity index (χ2v) is 7.43. The molecule has 0 spiro atoms. The summed E-state index contributed by atoms with van der Waals surface area (Å²) in [6, 6.07) is 0.295. The van der Waals surface area contributed by atoms with Crippen molar-refractivity contribution in [2.24, 2.45) is 5.41 Å². The van der Waals surface area contributed by atoms with Crippen LogP contribution in [0.1, 0.15) is 57.0 Å². The van der Waals surface area contributed by atoms with Crippen LogP contribution in [0.5, 0.6) is 0 Å². The predicted octanol–water partition coefficient (Wildman–Crippen LogP) is 3.49. The molecule has 2 N–H and O–H groups in total. The van der Waals surface area contributed by atoms with Gasteiger partial charge < -0.3 is 10.4 Å². The Morgan fingerprint density at radius 3 is 2.79 bits per heavy atom. The second-order valence-electron chi connectivity index (χ2n) is 6.34. The van der Waals surface area contributed by atoms with E-state index in [1.54, 1.807) is 11.3 Å². The van der Waals surface area contributed by atoms with Gasteiger partial charge in [-0.2, -0.15) is 0 Å². The molecule has 0 aliphatic heterocycles. The SMILES string of the molecule is CC(Nc1nc2c(s1)CCCC2C(=O)O)C(C)(C)C. The number of carboxylic acid groups (broad SMARTS) is 1. The topological polar surface area (TPSA) is 62.2 Å². The summed E-state index contributed by atoms with van der Waals surface area (Å²) in [4.78, 5) is 16.9. The smallest absolute Gasteiger partial charge is 0.312 e. The third-order valence-corrected chi connectivity index (χ3v) is 4.95. The Bertz CT molecular complexity index is 476. The average molecular weight is 282 g/mol. The molecule has 1 heterocycles. The Morgan fingerprint density at radius 1 is 1.53 bits per heavy atom. The van der Waals surface area contributed by atoms with Gasteiger partial charge in [-0.15, -0.1) is 11.3 Å². The van der Waals surface area contributed by atoms with Crippen LogP contribution < -0.4 is 5.32 Å². The minimum absolute atomic E-state index is 0.151. The van der Waals surface area contributed by atoms with E-state index in [4.69, 9.17) is 0 Å². The third kappa shape index (κ3) is 3.08. The summed E-state index contributed by atoms with van der Waals surface area (Å²) in [7, 11) is 0. The molecular weight excluding hydrogens is 260 g/mol. The van der Waals surface area contributed by atoms with E-state index in [9.17, 15) is 9.90 Å². The number of thiazole rings is 1. The zero-order valence-corrected chi connectivity index (χ0v) is 12.8. The van der Waals surface area contributed by atoms with E-state index in [0.717, 1.165) is 28.5 Å². The van der Waals surface area contributed by atoms with E-state index in [1.807, 2.05) is 0 Å². The van der Waals surface area contributed by atoms with Crippen molar-refractivity contribution in [3.63, 3.8) is 0 Å². The first kappa shape index (κ1) is 14.3. The van der Waals surface area contributed by atoms with Crippen LogP contribution >= 0.6 is 11.3 Å². The molecule has 0 saturated carbocycles. The van der Waals surface area contributed by atoms with Gasteiger partial charge in [0.05, 0.1) is 5.69 Å². The lowest BCUT2D eigenvalue weighted by atomic mass is 9.88. The summed E-state index contributed by atoms with van der Waals surface area (Å²) >= 11 is 1.62. The fourth-order valence-electron chi connectivity index (χ4n) is 2.12. The molecule has 106 valence electrons. The van der Waals surface area contributed by atoms with Gasteiger partial charge in [0.2, 0.25) is 0 Å². The maximum atomic E-state index is 11.3. The van der Waals surface area contributed by atoms with Gasteiger partial charge >= 0.3 is 5.97 Å². The van der Waals surface area contributed by atoms with Crippen LogP contribution in [0, 0.1) is 5.41 Å². The lowest BCUT2D eigenvalue weighted by molar-refractivity contribution is -0.139. The van der Waals surface area contributed by atoms with Gasteiger partial charge in [0.15, 0.2) is 5.13 Å². The Morgan fingerprint density at radius 2 is 2.21 bits per heavy atom. The molecule has 5 heteroatoms. The maximum Gasteiger partial charge on any atom is 0.312 e. The number of nitrogens with zero attached hydrogens (tertiary/aromatic N) is 1. The highest BCUT2D eigenvalue weighted by Crippen LogP contribution is 2.37. The molecule has 0 fully saturated rings. The minimum atomic E-state index is -0.748. The van der Waals surface area contributed by atoms with Crippen molar-refractivity contribution >= 4 is 22.4 Å². The van der Waals surface area contributed by atoms with Crippen LogP contribution in [-0.2, 0) is 11.2 Å². The van der Waals surface area contributed by atoms with Gasteiger partial charge in [0, 0.05) is 10.9 Å². The number of nitrogens with one attached hydrogen (secondary N) is 1. The fourth-order valence-corrected chi connectivity index (χ4v) is 3.27. The number of hydrogen-bond acceptors (Lipinski definition) is 4. The molecule has 0 saturated heterocycles. The van der Waals surface area contributed by atoms with Gasteiger partial charge in [-0.25, -0.2) is 4.98 Å². The number of hydrogen-bond donors (Lipinski definition) is 2. The number of rotatable bonds is 3. The molecule has 0 bridgehead atoms. The maximum absolute atomic E-state index is 11.3. The van der Waals surface area contributed by atoms with Crippen LogP contribution in [0.3, 0.4) is 0 Å². The van der Waals surface area contributed by atoms with E-state index in [0.29, 0.717) is 12.5 Å². The largest absolute Gasteiger partial charge is 0.481 e. The number of fused-ring (bicyclic) bond motifs is 1. The summed E-state index contributed by atoms with van der Waals surface area (Å²) in [5.41, 5.74) is 0.936. The van der Waals surface area contributed by atoms with E-state index < -0.39 is 11.9 Å². The number of aliphatic carboxylic acids is 1. The quantitative estimate of drug-likeness (QED) is 0.890. The van der Waals surface area contributed by atoms with E-state index in [1.165, 1.54) is 0 Å². The minimum Gasteiger partial charge on any atom is -0.481 e. The third-order valence-electron chi connectivity index (χ3n) is 3.89. The van der Waals surface area contributed by atoms with Crippen LogP contribution in [0.15, 0.2) is 0 Å². The molecule has 0 radical (unpaired) electrons. The normalized spacial score (nSPS) is 20.7. The van der Waals surface area contributed by atoms with Crippen LogP contribution in [0.4, 0.5) is 5.13 Å². The monoisotopic (exact) mass is 282 g/mol. The highest BCUT2D eigenvalue weighted by molar-refractivity contribution is 7.15. The van der Waals surface area contributed by atoms with E-state index in [-0.39, 0.29) is 5.41 Å². The first-order chi connectivity index (χ1) is 8.79. The number of carboxylic acids is 1. The van der Waals surface area contributed by atoms with Gasteiger partial charge in [-0.1, -0.05) is 20.8 Å². The van der Waals surface area contributed by atoms with Crippen LogP contribution in [0.2, 0.25) is 0 Å². The molecule has 1 aromatic rings. The molecule has 1 aromatic heterocycles. The van der Waals surface area contributed by atoms with Crippen molar-refractivity contribution < 1.29 is 9.90 Å². The van der Waals surface area contributed by atoms with Crippen LogP contribution in [0.25, 0.3) is 0 Å².